The van der Waals surface area contributed by atoms with Crippen molar-refractivity contribution in [1.82, 2.24) is 4.72 Å². The van der Waals surface area contributed by atoms with Crippen LogP contribution in [0.3, 0.4) is 0 Å². The number of hydrogen-bond donors (Lipinski definition) is 2. The highest BCUT2D eigenvalue weighted by molar-refractivity contribution is 7.90. The Labute approximate surface area is 85.5 Å². The molecule has 0 aromatic heterocycles. The third-order valence-corrected chi connectivity index (χ3v) is 4.02. The molecule has 0 saturated heterocycles. The van der Waals surface area contributed by atoms with Gasteiger partial charge in [-0.05, 0) is 6.42 Å². The summed E-state index contributed by atoms with van der Waals surface area (Å²) in [4.78, 5) is 0. The molecule has 0 radical (unpaired) electrons. The zero-order valence-corrected chi connectivity index (χ0v) is 8.98. The van der Waals surface area contributed by atoms with Crippen LogP contribution in [0.5, 0.6) is 0 Å². The zero-order chi connectivity index (χ0) is 12.1. The van der Waals surface area contributed by atoms with E-state index in [1.165, 1.54) is 13.8 Å². The molecule has 1 aliphatic rings. The van der Waals surface area contributed by atoms with Crippen molar-refractivity contribution in [1.29, 1.82) is 0 Å². The van der Waals surface area contributed by atoms with Crippen LogP contribution in [0.25, 0.3) is 0 Å². The average molecular weight is 247 g/mol. The van der Waals surface area contributed by atoms with E-state index in [-0.39, 0.29) is 6.42 Å². The predicted molar refractivity (Wildman–Crippen MR) is 46.3 cm³/mol. The molecule has 0 heterocycles. The standard InChI is InChI=1S/C7H12F3NO3S/c1-6(2)4(3-5(6)12)11-15(13,14)7(8,9)10/h4-5,11-12H,3H2,1-2H3. The number of halogens is 3. The van der Waals surface area contributed by atoms with E-state index in [4.69, 9.17) is 0 Å². The van der Waals surface area contributed by atoms with Crippen LogP contribution in [0, 0.1) is 5.41 Å². The monoisotopic (exact) mass is 247 g/mol. The summed E-state index contributed by atoms with van der Waals surface area (Å²) in [6, 6.07) is -0.876. The van der Waals surface area contributed by atoms with Crippen LogP contribution < -0.4 is 4.72 Å². The van der Waals surface area contributed by atoms with Gasteiger partial charge in [0.2, 0.25) is 0 Å². The second-order valence-electron chi connectivity index (χ2n) is 4.19. The minimum atomic E-state index is -5.31. The molecule has 2 atom stereocenters. The molecule has 15 heavy (non-hydrogen) atoms. The van der Waals surface area contributed by atoms with Crippen molar-refractivity contribution in [2.75, 3.05) is 0 Å². The first-order valence-corrected chi connectivity index (χ1v) is 5.73. The normalized spacial score (nSPS) is 31.1. The summed E-state index contributed by atoms with van der Waals surface area (Å²) >= 11 is 0. The molecule has 0 aliphatic heterocycles. The number of aliphatic hydroxyl groups excluding tert-OH is 1. The van der Waals surface area contributed by atoms with Crippen molar-refractivity contribution in [3.8, 4) is 0 Å². The molecular weight excluding hydrogens is 235 g/mol. The number of rotatable bonds is 2. The quantitative estimate of drug-likeness (QED) is 0.750. The molecule has 8 heteroatoms. The molecule has 1 rings (SSSR count). The summed E-state index contributed by atoms with van der Waals surface area (Å²) < 4.78 is 59.0. The molecule has 1 saturated carbocycles. The van der Waals surface area contributed by atoms with Crippen LogP contribution in [0.15, 0.2) is 0 Å². The Balaban J connectivity index is 2.74. The third kappa shape index (κ3) is 2.11. The largest absolute Gasteiger partial charge is 0.511 e. The molecular formula is C7H12F3NO3S. The Hall–Kier alpha value is -0.340. The van der Waals surface area contributed by atoms with Crippen LogP contribution in [0.1, 0.15) is 20.3 Å². The summed E-state index contributed by atoms with van der Waals surface area (Å²) in [7, 11) is -5.31. The lowest BCUT2D eigenvalue weighted by molar-refractivity contribution is -0.0717. The molecule has 4 nitrogen and oxygen atoms in total. The number of alkyl halides is 3. The second-order valence-corrected chi connectivity index (χ2v) is 5.90. The maximum Gasteiger partial charge on any atom is 0.511 e. The highest BCUT2D eigenvalue weighted by atomic mass is 32.2. The first-order chi connectivity index (χ1) is 6.48. The smallest absolute Gasteiger partial charge is 0.392 e. The highest BCUT2D eigenvalue weighted by Gasteiger charge is 2.54. The van der Waals surface area contributed by atoms with Gasteiger partial charge in [-0.15, -0.1) is 0 Å². The summed E-state index contributed by atoms with van der Waals surface area (Å²) in [6.45, 7) is 3.01. The minimum Gasteiger partial charge on any atom is -0.392 e. The van der Waals surface area contributed by atoms with E-state index in [1.807, 2.05) is 0 Å². The van der Waals surface area contributed by atoms with Gasteiger partial charge in [0.25, 0.3) is 0 Å². The lowest BCUT2D eigenvalue weighted by atomic mass is 9.65. The number of sulfonamides is 1. The van der Waals surface area contributed by atoms with E-state index >= 15 is 0 Å². The molecule has 1 fully saturated rings. The molecule has 0 bridgehead atoms. The Bertz CT molecular complexity index is 349. The van der Waals surface area contributed by atoms with Gasteiger partial charge >= 0.3 is 15.5 Å². The first-order valence-electron chi connectivity index (χ1n) is 4.25. The van der Waals surface area contributed by atoms with E-state index in [1.54, 1.807) is 4.72 Å². The van der Waals surface area contributed by atoms with E-state index in [2.05, 4.69) is 0 Å². The number of nitrogens with one attached hydrogen (secondary N) is 1. The van der Waals surface area contributed by atoms with Crippen LogP contribution in [0.2, 0.25) is 0 Å². The summed E-state index contributed by atoms with van der Waals surface area (Å²) in [5.74, 6) is 0. The van der Waals surface area contributed by atoms with Gasteiger partial charge in [0.05, 0.1) is 6.10 Å². The summed E-state index contributed by atoms with van der Waals surface area (Å²) in [5.41, 5.74) is -6.16. The van der Waals surface area contributed by atoms with E-state index in [9.17, 15) is 26.7 Å². The lowest BCUT2D eigenvalue weighted by Gasteiger charge is -2.49. The fraction of sp³-hybridized carbons (Fsp3) is 1.00. The van der Waals surface area contributed by atoms with Gasteiger partial charge in [-0.25, -0.2) is 13.1 Å². The predicted octanol–water partition coefficient (Wildman–Crippen LogP) is 0.585. The van der Waals surface area contributed by atoms with Crippen molar-refractivity contribution in [2.24, 2.45) is 5.41 Å². The van der Waals surface area contributed by atoms with Gasteiger partial charge in [-0.3, -0.25) is 0 Å². The van der Waals surface area contributed by atoms with Gasteiger partial charge in [-0.1, -0.05) is 13.8 Å². The minimum absolute atomic E-state index is 0.00229. The van der Waals surface area contributed by atoms with E-state index < -0.39 is 33.1 Å². The molecule has 1 aliphatic carbocycles. The SMILES string of the molecule is CC1(C)C(O)CC1NS(=O)(=O)C(F)(F)F. The number of hydrogen-bond acceptors (Lipinski definition) is 3. The van der Waals surface area contributed by atoms with Gasteiger partial charge in [0, 0.05) is 11.5 Å². The third-order valence-electron chi connectivity index (χ3n) is 2.82. The van der Waals surface area contributed by atoms with Crippen LogP contribution in [-0.2, 0) is 10.0 Å². The van der Waals surface area contributed by atoms with Crippen molar-refractivity contribution in [2.45, 2.75) is 37.9 Å². The van der Waals surface area contributed by atoms with Crippen molar-refractivity contribution in [3.05, 3.63) is 0 Å². The topological polar surface area (TPSA) is 66.4 Å². The molecule has 2 N–H and O–H groups in total. The molecule has 2 unspecified atom stereocenters. The van der Waals surface area contributed by atoms with Gasteiger partial charge < -0.3 is 5.11 Å². The maximum absolute atomic E-state index is 12.0. The van der Waals surface area contributed by atoms with Crippen LogP contribution in [0.4, 0.5) is 13.2 Å². The van der Waals surface area contributed by atoms with Crippen molar-refractivity contribution < 1.29 is 26.7 Å². The zero-order valence-electron chi connectivity index (χ0n) is 8.17. The second kappa shape index (κ2) is 3.33. The van der Waals surface area contributed by atoms with Crippen LogP contribution >= 0.6 is 0 Å². The molecule has 0 amide bonds. The van der Waals surface area contributed by atoms with Gasteiger partial charge in [-0.2, -0.15) is 13.2 Å². The lowest BCUT2D eigenvalue weighted by Crippen LogP contribution is -2.62. The molecule has 0 spiro atoms. The van der Waals surface area contributed by atoms with Gasteiger partial charge in [0.1, 0.15) is 0 Å². The Kier molecular flexibility index (Phi) is 2.82. The van der Waals surface area contributed by atoms with Crippen molar-refractivity contribution in [3.63, 3.8) is 0 Å². The molecule has 90 valence electrons. The van der Waals surface area contributed by atoms with Gasteiger partial charge in [0.15, 0.2) is 0 Å². The van der Waals surface area contributed by atoms with E-state index in [0.717, 1.165) is 0 Å². The maximum atomic E-state index is 12.0. The van der Waals surface area contributed by atoms with E-state index in [0.29, 0.717) is 0 Å². The fourth-order valence-electron chi connectivity index (χ4n) is 1.36. The fourth-order valence-corrected chi connectivity index (χ4v) is 2.26. The highest BCUT2D eigenvalue weighted by Crippen LogP contribution is 2.41. The number of aliphatic hydroxyl groups is 1. The van der Waals surface area contributed by atoms with Crippen molar-refractivity contribution >= 4 is 10.0 Å². The summed E-state index contributed by atoms with van der Waals surface area (Å²) in [6.07, 6.45) is -0.777. The summed E-state index contributed by atoms with van der Waals surface area (Å²) in [5, 5.41) is 9.23. The molecule has 0 aromatic rings. The molecule has 0 aromatic carbocycles. The first kappa shape index (κ1) is 12.7. The average Bonchev–Trinajstić information content (AvgIpc) is 2.01. The Morgan fingerprint density at radius 2 is 1.87 bits per heavy atom. The Morgan fingerprint density at radius 3 is 2.13 bits per heavy atom. The van der Waals surface area contributed by atoms with Crippen LogP contribution in [-0.4, -0.2) is 31.2 Å². The Morgan fingerprint density at radius 1 is 1.40 bits per heavy atom.